The van der Waals surface area contributed by atoms with Crippen molar-refractivity contribution in [3.8, 4) is 0 Å². The van der Waals surface area contributed by atoms with Crippen molar-refractivity contribution >= 4 is 23.2 Å². The maximum absolute atomic E-state index is 13.7. The Morgan fingerprint density at radius 2 is 1.87 bits per heavy atom. The first-order chi connectivity index (χ1) is 18.2. The molecule has 3 unspecified atom stereocenters. The van der Waals surface area contributed by atoms with E-state index < -0.39 is 29.7 Å². The molecule has 0 saturated carbocycles. The molecule has 1 aliphatic heterocycles. The molecule has 2 amide bonds. The van der Waals surface area contributed by atoms with Crippen molar-refractivity contribution in [2.24, 2.45) is 11.7 Å². The molecule has 0 radical (unpaired) electrons. The fourth-order valence-electron chi connectivity index (χ4n) is 4.84. The molecule has 6 nitrogen and oxygen atoms in total. The largest absolute Gasteiger partial charge is 0.390 e. The summed E-state index contributed by atoms with van der Waals surface area (Å²) in [6, 6.07) is 14.1. The molecule has 2 heterocycles. The Morgan fingerprint density at radius 1 is 1.13 bits per heavy atom. The predicted octanol–water partition coefficient (Wildman–Crippen LogP) is 3.90. The summed E-state index contributed by atoms with van der Waals surface area (Å²) in [5.74, 6) is -2.26. The van der Waals surface area contributed by atoms with Gasteiger partial charge in [-0.2, -0.15) is 0 Å². The summed E-state index contributed by atoms with van der Waals surface area (Å²) < 4.78 is 27.3. The second kappa shape index (κ2) is 12.6. The average Bonchev–Trinajstić information content (AvgIpc) is 3.52. The second-order valence-corrected chi connectivity index (χ2v) is 10.9. The number of carbonyl (C=O) groups excluding carboxylic acids is 2. The number of aryl methyl sites for hydroxylation is 1. The fraction of sp³-hybridized carbons (Fsp3) is 0.379. The van der Waals surface area contributed by atoms with E-state index in [0.717, 1.165) is 28.5 Å². The quantitative estimate of drug-likeness (QED) is 0.386. The van der Waals surface area contributed by atoms with Crippen molar-refractivity contribution < 1.29 is 23.5 Å². The number of likely N-dealkylation sites (tertiary alicyclic amines) is 1. The molecule has 38 heavy (non-hydrogen) atoms. The van der Waals surface area contributed by atoms with Crippen LogP contribution < -0.4 is 5.73 Å². The molecule has 0 aliphatic carbocycles. The lowest BCUT2D eigenvalue weighted by Crippen LogP contribution is -2.48. The van der Waals surface area contributed by atoms with Gasteiger partial charge in [-0.05, 0) is 53.1 Å². The summed E-state index contributed by atoms with van der Waals surface area (Å²) in [7, 11) is 0. The molecular formula is C29H33F2N3O3S. The Balaban J connectivity index is 1.48. The van der Waals surface area contributed by atoms with Gasteiger partial charge < -0.3 is 20.6 Å². The summed E-state index contributed by atoms with van der Waals surface area (Å²) in [6.07, 6.45) is -0.145. The van der Waals surface area contributed by atoms with Crippen LogP contribution in [0.1, 0.15) is 34.9 Å². The third-order valence-corrected chi connectivity index (χ3v) is 7.73. The normalized spacial score (nSPS) is 17.0. The highest BCUT2D eigenvalue weighted by Gasteiger charge is 2.37. The summed E-state index contributed by atoms with van der Waals surface area (Å²) in [5, 5.41) is 12.9. The van der Waals surface area contributed by atoms with Crippen LogP contribution in [0, 0.1) is 17.6 Å². The van der Waals surface area contributed by atoms with Gasteiger partial charge in [0.15, 0.2) is 0 Å². The highest BCUT2D eigenvalue weighted by atomic mass is 32.1. The molecule has 202 valence electrons. The lowest BCUT2D eigenvalue weighted by atomic mass is 10.00. The molecule has 9 heteroatoms. The number of thiophene rings is 1. The third kappa shape index (κ3) is 7.24. The first-order valence-corrected chi connectivity index (χ1v) is 13.6. The standard InChI is InChI=1S/C29H33F2N3O3S/c1-2-19-5-3-6-20(9-19)15-34(18-27(35)26(32)12-21-10-23(30)14-24(31)11-21)29(37)22-13-28(36)33(16-22)17-25-7-4-8-38-25/h3-11,14,22,26-27,35H,2,12-13,15-18,32H2,1H3. The van der Waals surface area contributed by atoms with Gasteiger partial charge in [0, 0.05) is 43.0 Å². The Bertz CT molecular complexity index is 1230. The fourth-order valence-corrected chi connectivity index (χ4v) is 5.56. The number of halogens is 2. The van der Waals surface area contributed by atoms with E-state index in [4.69, 9.17) is 5.73 Å². The number of nitrogens with two attached hydrogens (primary N) is 1. The molecule has 1 saturated heterocycles. The van der Waals surface area contributed by atoms with Gasteiger partial charge in [-0.15, -0.1) is 11.3 Å². The molecule has 2 aromatic carbocycles. The van der Waals surface area contributed by atoms with E-state index in [-0.39, 0.29) is 37.7 Å². The number of aliphatic hydroxyl groups is 1. The molecule has 3 atom stereocenters. The molecular weight excluding hydrogens is 508 g/mol. The zero-order valence-corrected chi connectivity index (χ0v) is 22.2. The number of benzene rings is 2. The van der Waals surface area contributed by atoms with Crippen LogP contribution in [0.3, 0.4) is 0 Å². The van der Waals surface area contributed by atoms with Crippen LogP contribution >= 0.6 is 11.3 Å². The van der Waals surface area contributed by atoms with Gasteiger partial charge in [-0.1, -0.05) is 37.3 Å². The smallest absolute Gasteiger partial charge is 0.228 e. The maximum Gasteiger partial charge on any atom is 0.228 e. The topological polar surface area (TPSA) is 86.9 Å². The average molecular weight is 542 g/mol. The van der Waals surface area contributed by atoms with E-state index in [0.29, 0.717) is 18.7 Å². The Morgan fingerprint density at radius 3 is 2.55 bits per heavy atom. The highest BCUT2D eigenvalue weighted by molar-refractivity contribution is 7.09. The lowest BCUT2D eigenvalue weighted by Gasteiger charge is -2.30. The van der Waals surface area contributed by atoms with Gasteiger partial charge in [0.05, 0.1) is 18.6 Å². The summed E-state index contributed by atoms with van der Waals surface area (Å²) in [6.45, 7) is 3.01. The van der Waals surface area contributed by atoms with Crippen molar-refractivity contribution in [3.63, 3.8) is 0 Å². The van der Waals surface area contributed by atoms with Crippen LogP contribution in [0.5, 0.6) is 0 Å². The maximum atomic E-state index is 13.7. The first kappa shape index (κ1) is 27.9. The Kier molecular flexibility index (Phi) is 9.25. The van der Waals surface area contributed by atoms with Crippen LogP contribution in [0.15, 0.2) is 60.0 Å². The van der Waals surface area contributed by atoms with Crippen LogP contribution in [0.4, 0.5) is 8.78 Å². The van der Waals surface area contributed by atoms with Gasteiger partial charge >= 0.3 is 0 Å². The summed E-state index contributed by atoms with van der Waals surface area (Å²) >= 11 is 1.56. The minimum atomic E-state index is -1.14. The zero-order chi connectivity index (χ0) is 27.2. The highest BCUT2D eigenvalue weighted by Crippen LogP contribution is 2.25. The lowest BCUT2D eigenvalue weighted by molar-refractivity contribution is -0.138. The molecule has 4 rings (SSSR count). The zero-order valence-electron chi connectivity index (χ0n) is 21.4. The summed E-state index contributed by atoms with van der Waals surface area (Å²) in [4.78, 5) is 30.7. The predicted molar refractivity (Wildman–Crippen MR) is 143 cm³/mol. The van der Waals surface area contributed by atoms with E-state index in [2.05, 4.69) is 0 Å². The number of nitrogens with zero attached hydrogens (tertiary/aromatic N) is 2. The Labute approximate surface area is 225 Å². The van der Waals surface area contributed by atoms with E-state index in [1.807, 2.05) is 48.7 Å². The molecule has 1 aromatic heterocycles. The minimum absolute atomic E-state index is 0.0414. The molecule has 3 aromatic rings. The number of aliphatic hydroxyl groups excluding tert-OH is 1. The first-order valence-electron chi connectivity index (χ1n) is 12.8. The van der Waals surface area contributed by atoms with Crippen LogP contribution in [0.25, 0.3) is 0 Å². The van der Waals surface area contributed by atoms with Crippen molar-refractivity contribution in [1.29, 1.82) is 0 Å². The van der Waals surface area contributed by atoms with Crippen LogP contribution in [0.2, 0.25) is 0 Å². The Hall–Kier alpha value is -3.14. The number of carbonyl (C=O) groups is 2. The molecule has 1 aliphatic rings. The van der Waals surface area contributed by atoms with Crippen LogP contribution in [-0.4, -0.2) is 52.0 Å². The minimum Gasteiger partial charge on any atom is -0.390 e. The van der Waals surface area contributed by atoms with Crippen molar-refractivity contribution in [2.75, 3.05) is 13.1 Å². The van der Waals surface area contributed by atoms with Gasteiger partial charge in [-0.3, -0.25) is 9.59 Å². The number of hydrogen-bond acceptors (Lipinski definition) is 5. The van der Waals surface area contributed by atoms with E-state index in [9.17, 15) is 23.5 Å². The molecule has 3 N–H and O–H groups in total. The number of rotatable bonds is 11. The van der Waals surface area contributed by atoms with Gasteiger partial charge in [0.1, 0.15) is 11.6 Å². The summed E-state index contributed by atoms with van der Waals surface area (Å²) in [5.41, 5.74) is 8.57. The van der Waals surface area contributed by atoms with Gasteiger partial charge in [0.25, 0.3) is 0 Å². The number of hydrogen-bond donors (Lipinski definition) is 2. The van der Waals surface area contributed by atoms with E-state index in [1.54, 1.807) is 21.1 Å². The molecule has 0 bridgehead atoms. The third-order valence-electron chi connectivity index (χ3n) is 6.87. The van der Waals surface area contributed by atoms with Crippen LogP contribution in [-0.2, 0) is 35.5 Å². The van der Waals surface area contributed by atoms with E-state index in [1.165, 1.54) is 12.1 Å². The van der Waals surface area contributed by atoms with E-state index >= 15 is 0 Å². The second-order valence-electron chi connectivity index (χ2n) is 9.86. The monoisotopic (exact) mass is 541 g/mol. The number of amides is 2. The SMILES string of the molecule is CCc1cccc(CN(CC(O)C(N)Cc2cc(F)cc(F)c2)C(=O)C2CC(=O)N(Cc3cccs3)C2)c1. The molecule has 1 fully saturated rings. The van der Waals surface area contributed by atoms with Crippen molar-refractivity contribution in [3.05, 3.63) is 93.2 Å². The van der Waals surface area contributed by atoms with Gasteiger partial charge in [-0.25, -0.2) is 8.78 Å². The molecule has 0 spiro atoms. The van der Waals surface area contributed by atoms with Crippen molar-refractivity contribution in [2.45, 2.75) is 51.4 Å². The van der Waals surface area contributed by atoms with Crippen molar-refractivity contribution in [1.82, 2.24) is 9.80 Å². The van der Waals surface area contributed by atoms with Gasteiger partial charge in [0.2, 0.25) is 11.8 Å².